The van der Waals surface area contributed by atoms with E-state index in [0.29, 0.717) is 17.6 Å². The normalized spacial score (nSPS) is 22.2. The van der Waals surface area contributed by atoms with E-state index in [1.807, 2.05) is 0 Å². The lowest BCUT2D eigenvalue weighted by Gasteiger charge is -2.23. The molecule has 122 valence electrons. The Morgan fingerprint density at radius 1 is 0.682 bits per heavy atom. The van der Waals surface area contributed by atoms with Gasteiger partial charge in [-0.25, -0.2) is 0 Å². The summed E-state index contributed by atoms with van der Waals surface area (Å²) in [6.07, 6.45) is 15.9. The van der Waals surface area contributed by atoms with E-state index < -0.39 is 0 Å². The van der Waals surface area contributed by atoms with Gasteiger partial charge in [-0.15, -0.1) is 0 Å². The van der Waals surface area contributed by atoms with Crippen LogP contribution in [0.3, 0.4) is 0 Å². The summed E-state index contributed by atoms with van der Waals surface area (Å²) in [6.45, 7) is 2.21. The summed E-state index contributed by atoms with van der Waals surface area (Å²) < 4.78 is 0. The lowest BCUT2D eigenvalue weighted by molar-refractivity contribution is 0.435. The Morgan fingerprint density at radius 2 is 1.05 bits per heavy atom. The van der Waals surface area contributed by atoms with Gasteiger partial charge in [0.2, 0.25) is 0 Å². The minimum absolute atomic E-state index is 0.590. The van der Waals surface area contributed by atoms with E-state index in [-0.39, 0.29) is 0 Å². The molecule has 0 bridgehead atoms. The van der Waals surface area contributed by atoms with Crippen molar-refractivity contribution in [1.29, 1.82) is 0 Å². The summed E-state index contributed by atoms with van der Waals surface area (Å²) in [4.78, 5) is 0. The third-order valence-corrected chi connectivity index (χ3v) is 5.90. The molecule has 1 aromatic carbocycles. The second-order valence-corrected chi connectivity index (χ2v) is 7.67. The van der Waals surface area contributed by atoms with E-state index in [2.05, 4.69) is 19.1 Å². The molecule has 0 aliphatic heterocycles. The monoisotopic (exact) mass is 300 g/mol. The van der Waals surface area contributed by atoms with Gasteiger partial charge < -0.3 is 5.11 Å². The number of phenols is 1. The van der Waals surface area contributed by atoms with E-state index in [0.717, 1.165) is 0 Å². The van der Waals surface area contributed by atoms with E-state index in [4.69, 9.17) is 0 Å². The van der Waals surface area contributed by atoms with Crippen LogP contribution < -0.4 is 0 Å². The summed E-state index contributed by atoms with van der Waals surface area (Å²) in [5.74, 6) is 1.84. The average Bonchev–Trinajstić information content (AvgIpc) is 2.93. The lowest BCUT2D eigenvalue weighted by atomic mass is 9.83. The number of phenolic OH excluding ortho intramolecular Hbond substituents is 1. The third-order valence-electron chi connectivity index (χ3n) is 5.90. The first-order valence-corrected chi connectivity index (χ1v) is 9.59. The number of rotatable bonds is 2. The van der Waals surface area contributed by atoms with E-state index in [1.54, 1.807) is 0 Å². The topological polar surface area (TPSA) is 20.2 Å². The first kappa shape index (κ1) is 15.9. The van der Waals surface area contributed by atoms with Gasteiger partial charge in [0.1, 0.15) is 5.75 Å². The predicted octanol–water partition coefficient (Wildman–Crippen LogP) is 6.58. The van der Waals surface area contributed by atoms with Crippen LogP contribution >= 0.6 is 0 Å². The van der Waals surface area contributed by atoms with Crippen LogP contribution in [0.5, 0.6) is 5.75 Å². The smallest absolute Gasteiger partial charge is 0.122 e. The molecule has 0 radical (unpaired) electrons. The van der Waals surface area contributed by atoms with Crippen LogP contribution in [0.4, 0.5) is 0 Å². The molecule has 1 aromatic rings. The molecule has 2 fully saturated rings. The Balaban J connectivity index is 1.90. The van der Waals surface area contributed by atoms with Crippen molar-refractivity contribution >= 4 is 0 Å². The first-order chi connectivity index (χ1) is 10.8. The fraction of sp³-hybridized carbons (Fsp3) is 0.714. The molecule has 0 spiro atoms. The van der Waals surface area contributed by atoms with Gasteiger partial charge in [-0.1, -0.05) is 69.1 Å². The summed E-state index contributed by atoms with van der Waals surface area (Å²) in [6, 6.07) is 4.54. The highest BCUT2D eigenvalue weighted by molar-refractivity contribution is 5.47. The Hall–Kier alpha value is -0.980. The lowest BCUT2D eigenvalue weighted by Crippen LogP contribution is -2.04. The average molecular weight is 300 g/mol. The van der Waals surface area contributed by atoms with Crippen molar-refractivity contribution in [2.45, 2.75) is 95.8 Å². The minimum Gasteiger partial charge on any atom is -0.507 e. The van der Waals surface area contributed by atoms with Crippen LogP contribution in [0.25, 0.3) is 0 Å². The van der Waals surface area contributed by atoms with Crippen molar-refractivity contribution < 1.29 is 5.11 Å². The highest BCUT2D eigenvalue weighted by atomic mass is 16.3. The molecule has 0 amide bonds. The van der Waals surface area contributed by atoms with Crippen LogP contribution in [0.1, 0.15) is 106 Å². The molecule has 0 heterocycles. The molecule has 1 N–H and O–H groups in total. The van der Waals surface area contributed by atoms with Crippen molar-refractivity contribution in [2.75, 3.05) is 0 Å². The molecule has 2 aliphatic carbocycles. The maximum absolute atomic E-state index is 11.0. The molecule has 1 heteroatoms. The molecule has 0 unspecified atom stereocenters. The van der Waals surface area contributed by atoms with Gasteiger partial charge in [0.05, 0.1) is 0 Å². The van der Waals surface area contributed by atoms with Gasteiger partial charge in [-0.05, 0) is 55.6 Å². The quantitative estimate of drug-likeness (QED) is 0.612. The van der Waals surface area contributed by atoms with Crippen LogP contribution in [0, 0.1) is 6.92 Å². The van der Waals surface area contributed by atoms with Crippen molar-refractivity contribution in [1.82, 2.24) is 0 Å². The van der Waals surface area contributed by atoms with Gasteiger partial charge in [0, 0.05) is 0 Å². The van der Waals surface area contributed by atoms with Crippen LogP contribution in [-0.2, 0) is 0 Å². The Morgan fingerprint density at radius 3 is 1.41 bits per heavy atom. The summed E-state index contributed by atoms with van der Waals surface area (Å²) in [5, 5.41) is 11.0. The van der Waals surface area contributed by atoms with Gasteiger partial charge >= 0.3 is 0 Å². The standard InChI is InChI=1S/C21H32O/c1-16-14-19(17-10-6-2-3-7-11-17)21(22)20(15-16)18-12-8-4-5-9-13-18/h14-15,17-18,22H,2-13H2,1H3. The summed E-state index contributed by atoms with van der Waals surface area (Å²) in [5.41, 5.74) is 3.87. The van der Waals surface area contributed by atoms with Gasteiger partial charge in [0.15, 0.2) is 0 Å². The molecule has 0 atom stereocenters. The summed E-state index contributed by atoms with van der Waals surface area (Å²) >= 11 is 0. The minimum atomic E-state index is 0.590. The zero-order valence-electron chi connectivity index (χ0n) is 14.2. The Labute approximate surface area is 136 Å². The molecule has 2 saturated carbocycles. The molecule has 1 nitrogen and oxygen atoms in total. The first-order valence-electron chi connectivity index (χ1n) is 9.59. The van der Waals surface area contributed by atoms with E-state index in [9.17, 15) is 5.11 Å². The van der Waals surface area contributed by atoms with Gasteiger partial charge in [-0.3, -0.25) is 0 Å². The maximum Gasteiger partial charge on any atom is 0.122 e. The maximum atomic E-state index is 11.0. The van der Waals surface area contributed by atoms with E-state index in [1.165, 1.54) is 93.7 Å². The molecule has 2 aliphatic rings. The number of aryl methyl sites for hydroxylation is 1. The second-order valence-electron chi connectivity index (χ2n) is 7.67. The van der Waals surface area contributed by atoms with Crippen LogP contribution in [-0.4, -0.2) is 5.11 Å². The number of hydrogen-bond donors (Lipinski definition) is 1. The van der Waals surface area contributed by atoms with Crippen molar-refractivity contribution in [3.05, 3.63) is 28.8 Å². The number of hydrogen-bond acceptors (Lipinski definition) is 1. The van der Waals surface area contributed by atoms with Gasteiger partial charge in [-0.2, -0.15) is 0 Å². The van der Waals surface area contributed by atoms with Crippen LogP contribution in [0.15, 0.2) is 12.1 Å². The van der Waals surface area contributed by atoms with Crippen molar-refractivity contribution in [2.24, 2.45) is 0 Å². The molecule has 22 heavy (non-hydrogen) atoms. The molecule has 0 saturated heterocycles. The molecule has 3 rings (SSSR count). The highest BCUT2D eigenvalue weighted by Gasteiger charge is 2.24. The zero-order valence-corrected chi connectivity index (χ0v) is 14.2. The van der Waals surface area contributed by atoms with Crippen molar-refractivity contribution in [3.63, 3.8) is 0 Å². The molecular weight excluding hydrogens is 268 g/mol. The number of benzene rings is 1. The predicted molar refractivity (Wildman–Crippen MR) is 93.7 cm³/mol. The van der Waals surface area contributed by atoms with Gasteiger partial charge in [0.25, 0.3) is 0 Å². The molecule has 0 aromatic heterocycles. The fourth-order valence-corrected chi connectivity index (χ4v) is 4.64. The summed E-state index contributed by atoms with van der Waals surface area (Å²) in [7, 11) is 0. The molecular formula is C21H32O. The highest BCUT2D eigenvalue weighted by Crippen LogP contribution is 2.43. The van der Waals surface area contributed by atoms with Crippen LogP contribution in [0.2, 0.25) is 0 Å². The third kappa shape index (κ3) is 3.67. The van der Waals surface area contributed by atoms with E-state index >= 15 is 0 Å². The number of aromatic hydroxyl groups is 1. The Kier molecular flexibility index (Phi) is 5.44. The SMILES string of the molecule is Cc1cc(C2CCCCCC2)c(O)c(C2CCCCCC2)c1. The zero-order chi connectivity index (χ0) is 15.4. The van der Waals surface area contributed by atoms with Crippen molar-refractivity contribution in [3.8, 4) is 5.75 Å². The second kappa shape index (κ2) is 7.53. The largest absolute Gasteiger partial charge is 0.507 e. The Bertz CT molecular complexity index is 434. The fourth-order valence-electron chi connectivity index (χ4n) is 4.64.